The van der Waals surface area contributed by atoms with Crippen molar-refractivity contribution in [1.82, 2.24) is 19.7 Å². The molecular weight excluding hydrogens is 584 g/mol. The first-order chi connectivity index (χ1) is 20.3. The third kappa shape index (κ3) is 7.32. The molecule has 0 bridgehead atoms. The summed E-state index contributed by atoms with van der Waals surface area (Å²) in [6.07, 6.45) is -7.64. The van der Waals surface area contributed by atoms with Crippen LogP contribution in [0.2, 0.25) is 0 Å². The SMILES string of the molecule is O=C(c1cc(C(F)(F)F)cc(C(F)(F)F)c1)N1CCN(CCN2CCc3ncccc3C2)C[C@H]1Cc1ccc(F)c(F)c1. The van der Waals surface area contributed by atoms with Crippen LogP contribution in [0.5, 0.6) is 0 Å². The molecule has 1 saturated heterocycles. The van der Waals surface area contributed by atoms with E-state index < -0.39 is 52.6 Å². The fourth-order valence-corrected chi connectivity index (χ4v) is 5.65. The van der Waals surface area contributed by atoms with Gasteiger partial charge in [0, 0.05) is 75.7 Å². The van der Waals surface area contributed by atoms with Crippen LogP contribution >= 0.6 is 0 Å². The minimum Gasteiger partial charge on any atom is -0.333 e. The lowest BCUT2D eigenvalue weighted by Crippen LogP contribution is -2.57. The average molecular weight is 613 g/mol. The number of aromatic nitrogens is 1. The summed E-state index contributed by atoms with van der Waals surface area (Å²) in [5.74, 6) is -3.16. The van der Waals surface area contributed by atoms with E-state index in [1.54, 1.807) is 6.20 Å². The fraction of sp³-hybridized carbons (Fsp3) is 0.400. The van der Waals surface area contributed by atoms with E-state index in [-0.39, 0.29) is 25.6 Å². The molecule has 0 N–H and O–H groups in total. The predicted molar refractivity (Wildman–Crippen MR) is 141 cm³/mol. The number of hydrogen-bond donors (Lipinski definition) is 0. The van der Waals surface area contributed by atoms with Gasteiger partial charge in [-0.05, 0) is 53.9 Å². The van der Waals surface area contributed by atoms with Gasteiger partial charge in [0.2, 0.25) is 0 Å². The molecule has 43 heavy (non-hydrogen) atoms. The van der Waals surface area contributed by atoms with Crippen LogP contribution in [0, 0.1) is 11.6 Å². The summed E-state index contributed by atoms with van der Waals surface area (Å²) in [7, 11) is 0. The smallest absolute Gasteiger partial charge is 0.333 e. The highest BCUT2D eigenvalue weighted by Crippen LogP contribution is 2.37. The monoisotopic (exact) mass is 612 g/mol. The second-order valence-corrected chi connectivity index (χ2v) is 10.8. The third-order valence-corrected chi connectivity index (χ3v) is 7.89. The Morgan fingerprint density at radius 1 is 0.837 bits per heavy atom. The predicted octanol–water partition coefficient (Wildman–Crippen LogP) is 5.82. The molecule has 0 saturated carbocycles. The van der Waals surface area contributed by atoms with Gasteiger partial charge in [0.15, 0.2) is 11.6 Å². The zero-order valence-electron chi connectivity index (χ0n) is 22.9. The number of carbonyl (C=O) groups is 1. The van der Waals surface area contributed by atoms with Gasteiger partial charge >= 0.3 is 12.4 Å². The molecule has 5 nitrogen and oxygen atoms in total. The first-order valence-electron chi connectivity index (χ1n) is 13.7. The van der Waals surface area contributed by atoms with E-state index >= 15 is 0 Å². The van der Waals surface area contributed by atoms with E-state index in [0.717, 1.165) is 42.9 Å². The lowest BCUT2D eigenvalue weighted by atomic mass is 9.99. The summed E-state index contributed by atoms with van der Waals surface area (Å²) in [5.41, 5.74) is -1.38. The number of pyridine rings is 1. The summed E-state index contributed by atoms with van der Waals surface area (Å²) in [4.78, 5) is 23.5. The number of nitrogens with zero attached hydrogens (tertiary/aromatic N) is 4. The van der Waals surface area contributed by atoms with Crippen LogP contribution in [0.4, 0.5) is 35.1 Å². The Hall–Kier alpha value is -3.58. The molecule has 3 heterocycles. The van der Waals surface area contributed by atoms with E-state index in [4.69, 9.17) is 0 Å². The van der Waals surface area contributed by atoms with Gasteiger partial charge in [0.1, 0.15) is 0 Å². The summed E-state index contributed by atoms with van der Waals surface area (Å²) in [6, 6.07) is 7.24. The molecule has 13 heteroatoms. The van der Waals surface area contributed by atoms with E-state index in [1.165, 1.54) is 11.0 Å². The van der Waals surface area contributed by atoms with Gasteiger partial charge in [-0.15, -0.1) is 0 Å². The Balaban J connectivity index is 1.36. The van der Waals surface area contributed by atoms with Gasteiger partial charge in [-0.25, -0.2) is 8.78 Å². The molecule has 230 valence electrons. The molecule has 0 radical (unpaired) electrons. The van der Waals surface area contributed by atoms with Gasteiger partial charge < -0.3 is 4.90 Å². The van der Waals surface area contributed by atoms with Gasteiger partial charge in [0.25, 0.3) is 5.91 Å². The lowest BCUT2D eigenvalue weighted by Gasteiger charge is -2.42. The quantitative estimate of drug-likeness (QED) is 0.329. The minimum absolute atomic E-state index is 0.0211. The van der Waals surface area contributed by atoms with E-state index in [9.17, 15) is 39.9 Å². The van der Waals surface area contributed by atoms with E-state index in [2.05, 4.69) is 14.8 Å². The van der Waals surface area contributed by atoms with Crippen molar-refractivity contribution in [2.75, 3.05) is 39.3 Å². The number of alkyl halides is 6. The van der Waals surface area contributed by atoms with Crippen LogP contribution in [0.3, 0.4) is 0 Å². The number of piperazine rings is 1. The maximum atomic E-state index is 14.0. The van der Waals surface area contributed by atoms with Crippen molar-refractivity contribution < 1.29 is 39.9 Å². The lowest BCUT2D eigenvalue weighted by molar-refractivity contribution is -0.143. The van der Waals surface area contributed by atoms with Gasteiger partial charge in [-0.3, -0.25) is 19.6 Å². The van der Waals surface area contributed by atoms with Crippen LogP contribution in [-0.2, 0) is 31.7 Å². The van der Waals surface area contributed by atoms with Crippen molar-refractivity contribution in [2.24, 2.45) is 0 Å². The molecule has 1 amide bonds. The van der Waals surface area contributed by atoms with Gasteiger partial charge in [-0.2, -0.15) is 26.3 Å². The first-order valence-corrected chi connectivity index (χ1v) is 13.7. The number of hydrogen-bond acceptors (Lipinski definition) is 4. The summed E-state index contributed by atoms with van der Waals surface area (Å²) in [5, 5.41) is 0. The number of halogens is 8. The summed E-state index contributed by atoms with van der Waals surface area (Å²) < 4.78 is 108. The number of amides is 1. The fourth-order valence-electron chi connectivity index (χ4n) is 5.65. The van der Waals surface area contributed by atoms with Crippen molar-refractivity contribution in [3.8, 4) is 0 Å². The van der Waals surface area contributed by atoms with Crippen molar-refractivity contribution in [3.05, 3.63) is 99.9 Å². The number of fused-ring (bicyclic) bond motifs is 1. The van der Waals surface area contributed by atoms with Crippen molar-refractivity contribution >= 4 is 5.91 Å². The molecule has 2 aliphatic heterocycles. The Bertz CT molecular complexity index is 1440. The van der Waals surface area contributed by atoms with Crippen molar-refractivity contribution in [1.29, 1.82) is 0 Å². The number of benzene rings is 2. The van der Waals surface area contributed by atoms with Gasteiger partial charge in [0.05, 0.1) is 11.1 Å². The Morgan fingerprint density at radius 2 is 1.53 bits per heavy atom. The van der Waals surface area contributed by atoms with Crippen molar-refractivity contribution in [3.63, 3.8) is 0 Å². The molecule has 0 unspecified atom stereocenters. The standard InChI is InChI=1S/C30H28F8N4O/c31-25-4-3-19(13-26(25)32)12-24-18-41(9-8-40-7-5-27-20(17-40)2-1-6-39-27)10-11-42(24)28(43)21-14-22(29(33,34)35)16-23(15-21)30(36,37)38/h1-4,6,13-16,24H,5,7-12,17-18H2/t24-/m1/s1. The minimum atomic E-state index is -5.11. The van der Waals surface area contributed by atoms with Gasteiger partial charge in [-0.1, -0.05) is 12.1 Å². The molecule has 3 aromatic rings. The number of carbonyl (C=O) groups excluding carboxylic acids is 1. The number of rotatable bonds is 6. The van der Waals surface area contributed by atoms with Crippen LogP contribution in [0.1, 0.15) is 38.3 Å². The maximum Gasteiger partial charge on any atom is 0.416 e. The highest BCUT2D eigenvalue weighted by molar-refractivity contribution is 5.95. The zero-order chi connectivity index (χ0) is 30.9. The Morgan fingerprint density at radius 3 is 2.21 bits per heavy atom. The Kier molecular flexibility index (Phi) is 8.75. The molecule has 0 spiro atoms. The molecular formula is C30H28F8N4O. The summed E-state index contributed by atoms with van der Waals surface area (Å²) in [6.45, 7) is 3.39. The molecule has 1 fully saturated rings. The third-order valence-electron chi connectivity index (χ3n) is 7.89. The van der Waals surface area contributed by atoms with Crippen LogP contribution in [-0.4, -0.2) is 70.9 Å². The Labute approximate surface area is 242 Å². The van der Waals surface area contributed by atoms with Crippen LogP contribution in [0.25, 0.3) is 0 Å². The van der Waals surface area contributed by atoms with E-state index in [1.807, 2.05) is 12.1 Å². The molecule has 2 aromatic carbocycles. The van der Waals surface area contributed by atoms with Crippen LogP contribution in [0.15, 0.2) is 54.7 Å². The topological polar surface area (TPSA) is 39.7 Å². The maximum absolute atomic E-state index is 14.0. The van der Waals surface area contributed by atoms with Crippen molar-refractivity contribution in [2.45, 2.75) is 37.8 Å². The molecule has 1 atom stereocenters. The first kappa shape index (κ1) is 30.9. The molecule has 0 aliphatic carbocycles. The van der Waals surface area contributed by atoms with E-state index in [0.29, 0.717) is 37.3 Å². The molecule has 5 rings (SSSR count). The highest BCUT2D eigenvalue weighted by Gasteiger charge is 2.39. The largest absolute Gasteiger partial charge is 0.416 e. The molecule has 1 aromatic heterocycles. The normalized spacial score (nSPS) is 18.5. The summed E-state index contributed by atoms with van der Waals surface area (Å²) >= 11 is 0. The zero-order valence-corrected chi connectivity index (χ0v) is 22.9. The van der Waals surface area contributed by atoms with Crippen LogP contribution < -0.4 is 0 Å². The highest BCUT2D eigenvalue weighted by atomic mass is 19.4. The molecule has 2 aliphatic rings. The second-order valence-electron chi connectivity index (χ2n) is 10.8. The second kappa shape index (κ2) is 12.2. The average Bonchev–Trinajstić information content (AvgIpc) is 2.96.